The van der Waals surface area contributed by atoms with Gasteiger partial charge in [0.15, 0.2) is 0 Å². The summed E-state index contributed by atoms with van der Waals surface area (Å²) in [5.41, 5.74) is 0.977. The monoisotopic (exact) mass is 374 g/mol. The first-order valence-corrected chi connectivity index (χ1v) is 9.74. The van der Waals surface area contributed by atoms with E-state index in [0.717, 1.165) is 28.3 Å². The highest BCUT2D eigenvalue weighted by atomic mass is 32.1. The first kappa shape index (κ1) is 17.2. The Morgan fingerprint density at radius 3 is 2.77 bits per heavy atom. The van der Waals surface area contributed by atoms with Crippen LogP contribution in [-0.2, 0) is 16.1 Å². The van der Waals surface area contributed by atoms with Crippen molar-refractivity contribution in [3.8, 4) is 10.6 Å². The molecule has 2 aromatic rings. The largest absolute Gasteiger partial charge is 0.481 e. The van der Waals surface area contributed by atoms with Gasteiger partial charge in [0, 0.05) is 36.8 Å². The SMILES string of the molecule is O=C(O)[C@@H]1C[C@@H](C(=O)NC2CC2)CN(Cc2ccc(-c3ccn[nH]3)s2)C1. The highest BCUT2D eigenvalue weighted by molar-refractivity contribution is 7.15. The summed E-state index contributed by atoms with van der Waals surface area (Å²) in [6.07, 6.45) is 4.22. The van der Waals surface area contributed by atoms with Crippen molar-refractivity contribution < 1.29 is 14.7 Å². The van der Waals surface area contributed by atoms with Crippen molar-refractivity contribution in [2.24, 2.45) is 11.8 Å². The second kappa shape index (κ2) is 7.20. The van der Waals surface area contributed by atoms with E-state index >= 15 is 0 Å². The van der Waals surface area contributed by atoms with Gasteiger partial charge in [-0.1, -0.05) is 0 Å². The van der Waals surface area contributed by atoms with Crippen LogP contribution < -0.4 is 5.32 Å². The maximum Gasteiger partial charge on any atom is 0.307 e. The van der Waals surface area contributed by atoms with Crippen LogP contribution in [0.25, 0.3) is 10.6 Å². The summed E-state index contributed by atoms with van der Waals surface area (Å²) in [6.45, 7) is 1.76. The van der Waals surface area contributed by atoms with Gasteiger partial charge in [-0.05, 0) is 37.5 Å². The molecule has 8 heteroatoms. The van der Waals surface area contributed by atoms with Crippen molar-refractivity contribution in [1.82, 2.24) is 20.4 Å². The van der Waals surface area contributed by atoms with Gasteiger partial charge in [-0.2, -0.15) is 5.10 Å². The minimum Gasteiger partial charge on any atom is -0.481 e. The molecule has 138 valence electrons. The van der Waals surface area contributed by atoms with Gasteiger partial charge in [-0.15, -0.1) is 11.3 Å². The summed E-state index contributed by atoms with van der Waals surface area (Å²) in [5, 5.41) is 19.4. The molecule has 1 aliphatic heterocycles. The zero-order valence-corrected chi connectivity index (χ0v) is 15.2. The molecule has 2 atom stereocenters. The number of piperidine rings is 1. The third-order valence-corrected chi connectivity index (χ3v) is 6.08. The van der Waals surface area contributed by atoms with Crippen molar-refractivity contribution in [1.29, 1.82) is 0 Å². The highest BCUT2D eigenvalue weighted by Gasteiger charge is 2.36. The van der Waals surface area contributed by atoms with Gasteiger partial charge in [0.25, 0.3) is 0 Å². The number of carbonyl (C=O) groups excluding carboxylic acids is 1. The number of thiophene rings is 1. The molecule has 2 aromatic heterocycles. The van der Waals surface area contributed by atoms with E-state index in [1.807, 2.05) is 12.1 Å². The molecule has 1 aliphatic carbocycles. The van der Waals surface area contributed by atoms with Crippen LogP contribution in [0, 0.1) is 11.8 Å². The van der Waals surface area contributed by atoms with Gasteiger partial charge in [0.05, 0.1) is 22.4 Å². The van der Waals surface area contributed by atoms with Crippen molar-refractivity contribution >= 4 is 23.2 Å². The molecule has 7 nitrogen and oxygen atoms in total. The van der Waals surface area contributed by atoms with Crippen molar-refractivity contribution in [3.63, 3.8) is 0 Å². The summed E-state index contributed by atoms with van der Waals surface area (Å²) < 4.78 is 0. The Morgan fingerprint density at radius 1 is 1.27 bits per heavy atom. The van der Waals surface area contributed by atoms with Crippen molar-refractivity contribution in [2.45, 2.75) is 31.8 Å². The number of H-pyrrole nitrogens is 1. The van der Waals surface area contributed by atoms with Crippen LogP contribution in [0.5, 0.6) is 0 Å². The molecule has 1 amide bonds. The van der Waals surface area contributed by atoms with E-state index in [9.17, 15) is 14.7 Å². The van der Waals surface area contributed by atoms with E-state index in [1.54, 1.807) is 17.5 Å². The molecule has 3 N–H and O–H groups in total. The maximum atomic E-state index is 12.4. The third-order valence-electron chi connectivity index (χ3n) is 4.98. The van der Waals surface area contributed by atoms with Crippen LogP contribution in [0.1, 0.15) is 24.1 Å². The number of likely N-dealkylation sites (tertiary alicyclic amines) is 1. The fourth-order valence-corrected chi connectivity index (χ4v) is 4.48. The van der Waals surface area contributed by atoms with Crippen LogP contribution >= 0.6 is 11.3 Å². The Hall–Kier alpha value is -2.19. The summed E-state index contributed by atoms with van der Waals surface area (Å²) in [6, 6.07) is 6.33. The summed E-state index contributed by atoms with van der Waals surface area (Å²) >= 11 is 1.66. The quantitative estimate of drug-likeness (QED) is 0.718. The lowest BCUT2D eigenvalue weighted by Crippen LogP contribution is -2.48. The second-order valence-corrected chi connectivity index (χ2v) is 8.35. The Bertz CT molecular complexity index is 784. The number of aromatic nitrogens is 2. The molecule has 2 aliphatic rings. The number of carbonyl (C=O) groups is 2. The molecular weight excluding hydrogens is 352 g/mol. The molecular formula is C18H22N4O3S. The Labute approximate surface area is 155 Å². The van der Waals surface area contributed by atoms with E-state index in [4.69, 9.17) is 0 Å². The second-order valence-electron chi connectivity index (χ2n) is 7.18. The van der Waals surface area contributed by atoms with E-state index in [-0.39, 0.29) is 11.8 Å². The molecule has 1 saturated carbocycles. The fourth-order valence-electron chi connectivity index (χ4n) is 3.46. The molecule has 2 fully saturated rings. The number of carboxylic acids is 1. The lowest BCUT2D eigenvalue weighted by Gasteiger charge is -2.35. The van der Waals surface area contributed by atoms with Gasteiger partial charge in [0.1, 0.15) is 0 Å². The Balaban J connectivity index is 1.43. The molecule has 26 heavy (non-hydrogen) atoms. The minimum atomic E-state index is -0.816. The first-order valence-electron chi connectivity index (χ1n) is 8.92. The number of hydrogen-bond acceptors (Lipinski definition) is 5. The molecule has 0 spiro atoms. The number of carboxylic acid groups (broad SMARTS) is 1. The minimum absolute atomic E-state index is 0.00720. The zero-order chi connectivity index (χ0) is 18.1. The van der Waals surface area contributed by atoms with E-state index < -0.39 is 11.9 Å². The molecule has 0 aromatic carbocycles. The van der Waals surface area contributed by atoms with E-state index in [1.165, 1.54) is 0 Å². The Kier molecular flexibility index (Phi) is 4.78. The predicted molar refractivity (Wildman–Crippen MR) is 97.6 cm³/mol. The number of hydrogen-bond donors (Lipinski definition) is 3. The number of rotatable bonds is 6. The van der Waals surface area contributed by atoms with Crippen molar-refractivity contribution in [2.75, 3.05) is 13.1 Å². The topological polar surface area (TPSA) is 98.3 Å². The zero-order valence-electron chi connectivity index (χ0n) is 14.4. The summed E-state index contributed by atoms with van der Waals surface area (Å²) in [4.78, 5) is 28.3. The van der Waals surface area contributed by atoms with Crippen LogP contribution in [-0.4, -0.2) is 51.2 Å². The third kappa shape index (κ3) is 3.96. The fraction of sp³-hybridized carbons (Fsp3) is 0.500. The van der Waals surface area contributed by atoms with Crippen LogP contribution in [0.4, 0.5) is 0 Å². The van der Waals surface area contributed by atoms with E-state index in [0.29, 0.717) is 32.1 Å². The van der Waals surface area contributed by atoms with Crippen molar-refractivity contribution in [3.05, 3.63) is 29.3 Å². The molecule has 4 rings (SSSR count). The number of nitrogens with zero attached hydrogens (tertiary/aromatic N) is 2. The number of nitrogens with one attached hydrogen (secondary N) is 2. The molecule has 1 saturated heterocycles. The normalized spacial score (nSPS) is 23.7. The van der Waals surface area contributed by atoms with Gasteiger partial charge >= 0.3 is 5.97 Å². The smallest absolute Gasteiger partial charge is 0.307 e. The van der Waals surface area contributed by atoms with E-state index in [2.05, 4.69) is 26.5 Å². The first-order chi connectivity index (χ1) is 12.6. The number of amides is 1. The van der Waals surface area contributed by atoms with Gasteiger partial charge in [-0.25, -0.2) is 0 Å². The molecule has 0 bridgehead atoms. The maximum absolute atomic E-state index is 12.4. The summed E-state index contributed by atoms with van der Waals surface area (Å²) in [5.74, 6) is -1.56. The number of aliphatic carboxylic acids is 1. The van der Waals surface area contributed by atoms with Gasteiger partial charge in [0.2, 0.25) is 5.91 Å². The molecule has 0 radical (unpaired) electrons. The molecule has 3 heterocycles. The standard InChI is InChI=1S/C18H22N4O3S/c23-17(20-13-1-2-13)11-7-12(18(24)25)9-22(8-11)10-14-3-4-16(26-14)15-5-6-19-21-15/h3-6,11-13H,1-2,7-10H2,(H,19,21)(H,20,23)(H,24,25)/t11-,12-/m1/s1. The lowest BCUT2D eigenvalue weighted by molar-refractivity contribution is -0.145. The highest BCUT2D eigenvalue weighted by Crippen LogP contribution is 2.30. The van der Waals surface area contributed by atoms with Gasteiger partial charge in [-0.3, -0.25) is 19.6 Å². The molecule has 0 unspecified atom stereocenters. The number of aromatic amines is 1. The summed E-state index contributed by atoms with van der Waals surface area (Å²) in [7, 11) is 0. The predicted octanol–water partition coefficient (Wildman–Crippen LogP) is 1.94. The van der Waals surface area contributed by atoms with Crippen LogP contribution in [0.2, 0.25) is 0 Å². The van der Waals surface area contributed by atoms with Crippen LogP contribution in [0.15, 0.2) is 24.4 Å². The van der Waals surface area contributed by atoms with Crippen LogP contribution in [0.3, 0.4) is 0 Å². The lowest BCUT2D eigenvalue weighted by atomic mass is 9.88. The Morgan fingerprint density at radius 2 is 2.08 bits per heavy atom. The van der Waals surface area contributed by atoms with Gasteiger partial charge < -0.3 is 10.4 Å². The average Bonchev–Trinajstić information content (AvgIpc) is 3.10. The average molecular weight is 374 g/mol.